The summed E-state index contributed by atoms with van der Waals surface area (Å²) in [5, 5.41) is 6.58. The molecule has 2 fully saturated rings. The highest BCUT2D eigenvalue weighted by atomic mass is 35.5. The van der Waals surface area contributed by atoms with Gasteiger partial charge >= 0.3 is 0 Å². The molecule has 4 heteroatoms. The molecule has 1 saturated carbocycles. The molecule has 2 N–H and O–H groups in total. The van der Waals surface area contributed by atoms with Crippen molar-refractivity contribution < 1.29 is 4.79 Å². The Balaban J connectivity index is 0.00000180. The second-order valence-corrected chi connectivity index (χ2v) is 6.02. The number of halogens is 1. The molecule has 0 radical (unpaired) electrons. The number of piperidine rings is 1. The van der Waals surface area contributed by atoms with Crippen molar-refractivity contribution in [3.63, 3.8) is 0 Å². The molecule has 1 aliphatic heterocycles. The van der Waals surface area contributed by atoms with Crippen LogP contribution in [0.4, 0.5) is 0 Å². The molecule has 2 aliphatic rings. The van der Waals surface area contributed by atoms with Crippen LogP contribution < -0.4 is 10.6 Å². The molecule has 1 saturated heterocycles. The molecule has 1 amide bonds. The second-order valence-electron chi connectivity index (χ2n) is 6.02. The van der Waals surface area contributed by atoms with Crippen LogP contribution >= 0.6 is 12.4 Å². The first kappa shape index (κ1) is 16.8. The number of amides is 1. The molecule has 19 heavy (non-hydrogen) atoms. The molecule has 0 spiro atoms. The van der Waals surface area contributed by atoms with Gasteiger partial charge in [-0.15, -0.1) is 12.4 Å². The first-order valence-electron chi connectivity index (χ1n) is 7.83. The average Bonchev–Trinajstić information content (AvgIpc) is 2.42. The van der Waals surface area contributed by atoms with E-state index in [1.807, 2.05) is 0 Å². The maximum absolute atomic E-state index is 12.1. The van der Waals surface area contributed by atoms with E-state index in [4.69, 9.17) is 0 Å². The Hall–Kier alpha value is -0.280. The molecule has 3 nitrogen and oxygen atoms in total. The van der Waals surface area contributed by atoms with Crippen LogP contribution in [0.5, 0.6) is 0 Å². The summed E-state index contributed by atoms with van der Waals surface area (Å²) < 4.78 is 0. The van der Waals surface area contributed by atoms with Crippen molar-refractivity contribution in [2.75, 3.05) is 6.54 Å². The third kappa shape index (κ3) is 5.31. The maximum Gasteiger partial charge on any atom is 0.237 e. The minimum absolute atomic E-state index is 0. The lowest BCUT2D eigenvalue weighted by molar-refractivity contribution is -0.124. The molecule has 2 rings (SSSR count). The second kappa shape index (κ2) is 8.80. The van der Waals surface area contributed by atoms with Crippen molar-refractivity contribution in [3.8, 4) is 0 Å². The van der Waals surface area contributed by atoms with Gasteiger partial charge in [-0.3, -0.25) is 4.79 Å². The molecule has 0 aromatic heterocycles. The van der Waals surface area contributed by atoms with E-state index in [9.17, 15) is 4.79 Å². The van der Waals surface area contributed by atoms with E-state index in [0.717, 1.165) is 18.9 Å². The highest BCUT2D eigenvalue weighted by Gasteiger charge is 2.25. The highest BCUT2D eigenvalue weighted by molar-refractivity contribution is 5.85. The van der Waals surface area contributed by atoms with Crippen LogP contribution in [0.25, 0.3) is 0 Å². The quantitative estimate of drug-likeness (QED) is 0.835. The summed E-state index contributed by atoms with van der Waals surface area (Å²) in [6.07, 6.45) is 11.1. The Kier molecular flexibility index (Phi) is 7.77. The number of carbonyl (C=O) groups is 1. The average molecular weight is 289 g/mol. The lowest BCUT2D eigenvalue weighted by Crippen LogP contribution is -2.50. The van der Waals surface area contributed by atoms with Gasteiger partial charge in [0, 0.05) is 6.04 Å². The van der Waals surface area contributed by atoms with Crippen LogP contribution in [-0.4, -0.2) is 24.5 Å². The maximum atomic E-state index is 12.1. The minimum atomic E-state index is 0. The summed E-state index contributed by atoms with van der Waals surface area (Å²) in [6, 6.07) is 0.515. The van der Waals surface area contributed by atoms with Crippen molar-refractivity contribution in [1.29, 1.82) is 0 Å². The highest BCUT2D eigenvalue weighted by Crippen LogP contribution is 2.27. The van der Waals surface area contributed by atoms with Gasteiger partial charge in [0.05, 0.1) is 6.04 Å². The fraction of sp³-hybridized carbons (Fsp3) is 0.933. The van der Waals surface area contributed by atoms with Gasteiger partial charge < -0.3 is 10.6 Å². The summed E-state index contributed by atoms with van der Waals surface area (Å²) in [5.74, 6) is 1.16. The van der Waals surface area contributed by atoms with Gasteiger partial charge in [-0.05, 0) is 51.0 Å². The SMILES string of the molecule is CCCC1CCC(NC(=O)[C@@H]2CCCCN2)CC1.Cl. The molecular weight excluding hydrogens is 260 g/mol. The van der Waals surface area contributed by atoms with E-state index >= 15 is 0 Å². The van der Waals surface area contributed by atoms with Gasteiger partial charge in [0.25, 0.3) is 0 Å². The lowest BCUT2D eigenvalue weighted by Gasteiger charge is -2.31. The zero-order valence-electron chi connectivity index (χ0n) is 12.1. The molecule has 0 aromatic rings. The zero-order chi connectivity index (χ0) is 12.8. The standard InChI is InChI=1S/C15H28N2O.ClH/c1-2-5-12-7-9-13(10-8-12)17-15(18)14-6-3-4-11-16-14;/h12-14,16H,2-11H2,1H3,(H,17,18);1H/t12?,13?,14-;/m0./s1. The predicted molar refractivity (Wildman–Crippen MR) is 81.7 cm³/mol. The molecule has 1 atom stereocenters. The van der Waals surface area contributed by atoms with Crippen LogP contribution in [-0.2, 0) is 4.79 Å². The van der Waals surface area contributed by atoms with Crippen molar-refractivity contribution in [2.24, 2.45) is 5.92 Å². The zero-order valence-corrected chi connectivity index (χ0v) is 12.9. The fourth-order valence-electron chi connectivity index (χ4n) is 3.38. The fourth-order valence-corrected chi connectivity index (χ4v) is 3.38. The number of rotatable bonds is 4. The molecule has 1 heterocycles. The van der Waals surface area contributed by atoms with Crippen molar-refractivity contribution in [3.05, 3.63) is 0 Å². The van der Waals surface area contributed by atoms with E-state index < -0.39 is 0 Å². The third-order valence-corrected chi connectivity index (χ3v) is 4.52. The molecule has 1 aliphatic carbocycles. The Labute approximate surface area is 123 Å². The van der Waals surface area contributed by atoms with E-state index in [0.29, 0.717) is 6.04 Å². The van der Waals surface area contributed by atoms with Crippen LogP contribution in [0.1, 0.15) is 64.7 Å². The van der Waals surface area contributed by atoms with Gasteiger partial charge in [-0.2, -0.15) is 0 Å². The van der Waals surface area contributed by atoms with Crippen LogP contribution in [0.15, 0.2) is 0 Å². The lowest BCUT2D eigenvalue weighted by atomic mass is 9.83. The molecule has 0 unspecified atom stereocenters. The van der Waals surface area contributed by atoms with E-state index in [-0.39, 0.29) is 24.4 Å². The van der Waals surface area contributed by atoms with E-state index in [1.165, 1.54) is 51.4 Å². The first-order chi connectivity index (χ1) is 8.79. The van der Waals surface area contributed by atoms with Crippen molar-refractivity contribution in [1.82, 2.24) is 10.6 Å². The number of nitrogens with one attached hydrogen (secondary N) is 2. The predicted octanol–water partition coefficient (Wildman–Crippen LogP) is 3.03. The van der Waals surface area contributed by atoms with Crippen LogP contribution in [0, 0.1) is 5.92 Å². The number of hydrogen-bond acceptors (Lipinski definition) is 2. The van der Waals surface area contributed by atoms with Gasteiger partial charge in [0.15, 0.2) is 0 Å². The summed E-state index contributed by atoms with van der Waals surface area (Å²) in [7, 11) is 0. The number of hydrogen-bond donors (Lipinski definition) is 2. The number of carbonyl (C=O) groups excluding carboxylic acids is 1. The smallest absolute Gasteiger partial charge is 0.237 e. The van der Waals surface area contributed by atoms with Gasteiger partial charge in [-0.25, -0.2) is 0 Å². The molecular formula is C15H29ClN2O. The van der Waals surface area contributed by atoms with Gasteiger partial charge in [-0.1, -0.05) is 26.2 Å². The Morgan fingerprint density at radius 2 is 1.89 bits per heavy atom. The van der Waals surface area contributed by atoms with Crippen LogP contribution in [0.3, 0.4) is 0 Å². The Morgan fingerprint density at radius 1 is 1.16 bits per heavy atom. The Bertz CT molecular complexity index is 259. The van der Waals surface area contributed by atoms with Crippen LogP contribution in [0.2, 0.25) is 0 Å². The van der Waals surface area contributed by atoms with Crippen molar-refractivity contribution in [2.45, 2.75) is 76.8 Å². The largest absolute Gasteiger partial charge is 0.352 e. The minimum Gasteiger partial charge on any atom is -0.352 e. The summed E-state index contributed by atoms with van der Waals surface area (Å²) >= 11 is 0. The molecule has 112 valence electrons. The van der Waals surface area contributed by atoms with Crippen molar-refractivity contribution >= 4 is 18.3 Å². The monoisotopic (exact) mass is 288 g/mol. The summed E-state index contributed by atoms with van der Waals surface area (Å²) in [5.41, 5.74) is 0. The molecule has 0 bridgehead atoms. The third-order valence-electron chi connectivity index (χ3n) is 4.52. The normalized spacial score (nSPS) is 31.3. The Morgan fingerprint density at radius 3 is 2.47 bits per heavy atom. The topological polar surface area (TPSA) is 41.1 Å². The van der Waals surface area contributed by atoms with E-state index in [1.54, 1.807) is 0 Å². The van der Waals surface area contributed by atoms with E-state index in [2.05, 4.69) is 17.6 Å². The first-order valence-corrected chi connectivity index (χ1v) is 7.83. The molecule has 0 aromatic carbocycles. The van der Waals surface area contributed by atoms with Gasteiger partial charge in [0.2, 0.25) is 5.91 Å². The summed E-state index contributed by atoms with van der Waals surface area (Å²) in [4.78, 5) is 12.1. The summed E-state index contributed by atoms with van der Waals surface area (Å²) in [6.45, 7) is 3.27. The van der Waals surface area contributed by atoms with Gasteiger partial charge in [0.1, 0.15) is 0 Å².